The van der Waals surface area contributed by atoms with Crippen molar-refractivity contribution in [2.45, 2.75) is 69.9 Å². The van der Waals surface area contributed by atoms with E-state index in [-0.39, 0.29) is 11.7 Å². The second-order valence-electron chi connectivity index (χ2n) is 7.49. The van der Waals surface area contributed by atoms with Crippen LogP contribution < -0.4 is 5.32 Å². The summed E-state index contributed by atoms with van der Waals surface area (Å²) in [7, 11) is 0. The monoisotopic (exact) mass is 384 g/mol. The molecule has 0 spiro atoms. The highest BCUT2D eigenvalue weighted by Gasteiger charge is 2.20. The maximum Gasteiger partial charge on any atom is 0.272 e. The number of aromatic nitrogens is 1. The average Bonchev–Trinajstić information content (AvgIpc) is 2.93. The fourth-order valence-electron chi connectivity index (χ4n) is 3.92. The molecule has 0 unspecified atom stereocenters. The van der Waals surface area contributed by atoms with Crippen molar-refractivity contribution in [1.29, 1.82) is 0 Å². The molecule has 1 amide bonds. The lowest BCUT2D eigenvalue weighted by atomic mass is 10.0. The SMILES string of the molecule is CC(=O)c1c(C)[nH]c(C(=O)Nc2ccc(SC3CCCCC3)cc2C)c1C. The number of nitrogens with one attached hydrogen (secondary N) is 2. The predicted octanol–water partition coefficient (Wildman–Crippen LogP) is 5.82. The molecule has 0 radical (unpaired) electrons. The van der Waals surface area contributed by atoms with Crippen LogP contribution in [-0.2, 0) is 0 Å². The number of carbonyl (C=O) groups is 2. The average molecular weight is 385 g/mol. The first kappa shape index (κ1) is 19.7. The molecule has 1 heterocycles. The van der Waals surface area contributed by atoms with E-state index >= 15 is 0 Å². The molecule has 144 valence electrons. The summed E-state index contributed by atoms with van der Waals surface area (Å²) in [5.74, 6) is -0.237. The van der Waals surface area contributed by atoms with E-state index in [9.17, 15) is 9.59 Å². The van der Waals surface area contributed by atoms with Crippen LogP contribution in [0, 0.1) is 20.8 Å². The second kappa shape index (κ2) is 8.34. The van der Waals surface area contributed by atoms with Crippen molar-refractivity contribution in [3.05, 3.63) is 46.3 Å². The first-order valence-electron chi connectivity index (χ1n) is 9.65. The zero-order valence-corrected chi connectivity index (χ0v) is 17.4. The van der Waals surface area contributed by atoms with Crippen LogP contribution in [0.1, 0.15) is 76.7 Å². The Morgan fingerprint density at radius 1 is 1.11 bits per heavy atom. The van der Waals surface area contributed by atoms with Crippen molar-refractivity contribution in [1.82, 2.24) is 4.98 Å². The Hall–Kier alpha value is -2.01. The molecule has 27 heavy (non-hydrogen) atoms. The Labute approximate surface area is 165 Å². The summed E-state index contributed by atoms with van der Waals surface area (Å²) in [4.78, 5) is 28.8. The zero-order valence-electron chi connectivity index (χ0n) is 16.6. The summed E-state index contributed by atoms with van der Waals surface area (Å²) in [5, 5.41) is 3.70. The topological polar surface area (TPSA) is 62.0 Å². The fourth-order valence-corrected chi connectivity index (χ4v) is 5.26. The molecule has 5 heteroatoms. The van der Waals surface area contributed by atoms with Crippen LogP contribution in [0.2, 0.25) is 0 Å². The van der Waals surface area contributed by atoms with Gasteiger partial charge in [0.1, 0.15) is 5.69 Å². The van der Waals surface area contributed by atoms with Gasteiger partial charge in [-0.25, -0.2) is 0 Å². The van der Waals surface area contributed by atoms with E-state index in [0.29, 0.717) is 22.1 Å². The van der Waals surface area contributed by atoms with Crippen LogP contribution >= 0.6 is 11.8 Å². The maximum absolute atomic E-state index is 12.7. The van der Waals surface area contributed by atoms with Crippen molar-refractivity contribution < 1.29 is 9.59 Å². The molecule has 0 bridgehead atoms. The van der Waals surface area contributed by atoms with Crippen molar-refractivity contribution in [3.8, 4) is 0 Å². The number of hydrogen-bond donors (Lipinski definition) is 2. The quantitative estimate of drug-likeness (QED) is 0.639. The number of aromatic amines is 1. The van der Waals surface area contributed by atoms with E-state index in [0.717, 1.165) is 16.9 Å². The molecule has 3 rings (SSSR count). The molecule has 0 atom stereocenters. The second-order valence-corrected chi connectivity index (χ2v) is 8.86. The third-order valence-corrected chi connectivity index (χ3v) is 6.65. The third-order valence-electron chi connectivity index (χ3n) is 5.32. The first-order valence-corrected chi connectivity index (χ1v) is 10.5. The molecule has 1 aromatic carbocycles. The highest BCUT2D eigenvalue weighted by molar-refractivity contribution is 8.00. The van der Waals surface area contributed by atoms with Crippen LogP contribution in [0.3, 0.4) is 0 Å². The van der Waals surface area contributed by atoms with Gasteiger partial charge in [-0.15, -0.1) is 11.8 Å². The molecular weight excluding hydrogens is 356 g/mol. The zero-order chi connectivity index (χ0) is 19.6. The fraction of sp³-hybridized carbons (Fsp3) is 0.455. The van der Waals surface area contributed by atoms with Gasteiger partial charge in [0.2, 0.25) is 0 Å². The lowest BCUT2D eigenvalue weighted by Crippen LogP contribution is -2.14. The van der Waals surface area contributed by atoms with Crippen molar-refractivity contribution in [2.75, 3.05) is 5.32 Å². The smallest absolute Gasteiger partial charge is 0.272 e. The predicted molar refractivity (Wildman–Crippen MR) is 112 cm³/mol. The van der Waals surface area contributed by atoms with Gasteiger partial charge >= 0.3 is 0 Å². The summed E-state index contributed by atoms with van der Waals surface area (Å²) >= 11 is 1.96. The molecule has 2 aromatic rings. The number of carbonyl (C=O) groups excluding carboxylic acids is 2. The number of ketones is 1. The van der Waals surface area contributed by atoms with Gasteiger partial charge in [-0.3, -0.25) is 9.59 Å². The number of aryl methyl sites for hydroxylation is 2. The highest BCUT2D eigenvalue weighted by atomic mass is 32.2. The van der Waals surface area contributed by atoms with Crippen LogP contribution in [0.4, 0.5) is 5.69 Å². The van der Waals surface area contributed by atoms with Gasteiger partial charge in [0.15, 0.2) is 5.78 Å². The molecule has 4 nitrogen and oxygen atoms in total. The minimum absolute atomic E-state index is 0.0272. The van der Waals surface area contributed by atoms with Crippen molar-refractivity contribution in [3.63, 3.8) is 0 Å². The number of rotatable bonds is 5. The summed E-state index contributed by atoms with van der Waals surface area (Å²) in [6.45, 7) is 7.18. The van der Waals surface area contributed by atoms with Gasteiger partial charge in [0.25, 0.3) is 5.91 Å². The number of Topliss-reactive ketones (excluding diaryl/α,β-unsaturated/α-hetero) is 1. The van der Waals surface area contributed by atoms with Crippen molar-refractivity contribution >= 4 is 29.1 Å². The minimum atomic E-state index is -0.209. The number of H-pyrrole nitrogens is 1. The largest absolute Gasteiger partial charge is 0.354 e. The van der Waals surface area contributed by atoms with Gasteiger partial charge in [0, 0.05) is 27.1 Å². The minimum Gasteiger partial charge on any atom is -0.354 e. The van der Waals surface area contributed by atoms with E-state index in [4.69, 9.17) is 0 Å². The van der Waals surface area contributed by atoms with E-state index in [1.165, 1.54) is 43.9 Å². The van der Waals surface area contributed by atoms with Gasteiger partial charge < -0.3 is 10.3 Å². The number of hydrogen-bond acceptors (Lipinski definition) is 3. The summed E-state index contributed by atoms with van der Waals surface area (Å²) < 4.78 is 0. The summed E-state index contributed by atoms with van der Waals surface area (Å²) in [6.07, 6.45) is 6.63. The van der Waals surface area contributed by atoms with E-state index in [1.54, 1.807) is 0 Å². The summed E-state index contributed by atoms with van der Waals surface area (Å²) in [5.41, 5.74) is 4.37. The number of benzene rings is 1. The van der Waals surface area contributed by atoms with Gasteiger partial charge in [0.05, 0.1) is 0 Å². The number of amides is 1. The van der Waals surface area contributed by atoms with Gasteiger partial charge in [-0.2, -0.15) is 0 Å². The Morgan fingerprint density at radius 2 is 1.81 bits per heavy atom. The maximum atomic E-state index is 12.7. The van der Waals surface area contributed by atoms with Crippen LogP contribution in [0.25, 0.3) is 0 Å². The molecule has 1 aromatic heterocycles. The molecule has 1 saturated carbocycles. The highest BCUT2D eigenvalue weighted by Crippen LogP contribution is 2.35. The van der Waals surface area contributed by atoms with Crippen LogP contribution in [0.5, 0.6) is 0 Å². The van der Waals surface area contributed by atoms with Gasteiger partial charge in [-0.1, -0.05) is 19.3 Å². The lowest BCUT2D eigenvalue weighted by molar-refractivity contribution is 0.101. The Balaban J connectivity index is 1.73. The molecule has 1 aliphatic rings. The number of thioether (sulfide) groups is 1. The Morgan fingerprint density at radius 3 is 2.41 bits per heavy atom. The normalized spacial score (nSPS) is 15.0. The molecule has 1 fully saturated rings. The van der Waals surface area contributed by atoms with Crippen LogP contribution in [-0.4, -0.2) is 21.9 Å². The Kier molecular flexibility index (Phi) is 6.10. The third kappa shape index (κ3) is 4.46. The molecule has 1 aliphatic carbocycles. The van der Waals surface area contributed by atoms with Crippen molar-refractivity contribution in [2.24, 2.45) is 0 Å². The standard InChI is InChI=1S/C22H28N2O2S/c1-13-12-18(27-17-8-6-5-7-9-17)10-11-19(13)24-22(26)21-14(2)20(16(4)25)15(3)23-21/h10-12,17,23H,5-9H2,1-4H3,(H,24,26). The summed E-state index contributed by atoms with van der Waals surface area (Å²) in [6, 6.07) is 6.23. The number of anilines is 1. The molecular formula is C22H28N2O2S. The Bertz CT molecular complexity index is 863. The molecule has 0 saturated heterocycles. The van der Waals surface area contributed by atoms with E-state index in [1.807, 2.05) is 38.6 Å². The van der Waals surface area contributed by atoms with Gasteiger partial charge in [-0.05, 0) is 69.9 Å². The van der Waals surface area contributed by atoms with E-state index < -0.39 is 0 Å². The lowest BCUT2D eigenvalue weighted by Gasteiger charge is -2.21. The van der Waals surface area contributed by atoms with Crippen LogP contribution in [0.15, 0.2) is 23.1 Å². The first-order chi connectivity index (χ1) is 12.9. The van der Waals surface area contributed by atoms with E-state index in [2.05, 4.69) is 22.4 Å². The molecule has 2 N–H and O–H groups in total. The molecule has 0 aliphatic heterocycles.